The van der Waals surface area contributed by atoms with Crippen LogP contribution in [-0.4, -0.2) is 35.4 Å². The maximum Gasteiger partial charge on any atom is 0.434 e. The van der Waals surface area contributed by atoms with E-state index in [-0.39, 0.29) is 16.9 Å². The van der Waals surface area contributed by atoms with Crippen LogP contribution in [0.3, 0.4) is 0 Å². The molecule has 28 heavy (non-hydrogen) atoms. The van der Waals surface area contributed by atoms with Crippen LogP contribution in [0.5, 0.6) is 0 Å². The Hall–Kier alpha value is -2.55. The average molecular weight is 402 g/mol. The van der Waals surface area contributed by atoms with Crippen molar-refractivity contribution in [3.05, 3.63) is 71.3 Å². The smallest absolute Gasteiger partial charge is 0.318 e. The summed E-state index contributed by atoms with van der Waals surface area (Å²) in [5.41, 5.74) is -3.75. The summed E-state index contributed by atoms with van der Waals surface area (Å²) in [7, 11) is 0. The predicted molar refractivity (Wildman–Crippen MR) is 89.3 cm³/mol. The van der Waals surface area contributed by atoms with Crippen LogP contribution in [0.2, 0.25) is 0 Å². The molecular formula is C19H16F6N2O. The van der Waals surface area contributed by atoms with E-state index in [2.05, 4.69) is 0 Å². The first-order valence-corrected chi connectivity index (χ1v) is 8.39. The number of carbonyl (C=O) groups excluding carboxylic acids is 1. The Morgan fingerprint density at radius 2 is 1.36 bits per heavy atom. The van der Waals surface area contributed by atoms with Crippen LogP contribution in [0.1, 0.15) is 21.5 Å². The van der Waals surface area contributed by atoms with Gasteiger partial charge in [0.25, 0.3) is 11.6 Å². The Balaban J connectivity index is 2.06. The van der Waals surface area contributed by atoms with Gasteiger partial charge in [0, 0.05) is 18.7 Å². The molecule has 1 aliphatic heterocycles. The Kier molecular flexibility index (Phi) is 5.14. The monoisotopic (exact) mass is 402 g/mol. The number of hydrogen-bond donors (Lipinski definition) is 1. The van der Waals surface area contributed by atoms with E-state index in [1.165, 1.54) is 29.6 Å². The Morgan fingerprint density at radius 3 is 1.93 bits per heavy atom. The third-order valence-electron chi connectivity index (χ3n) is 4.76. The van der Waals surface area contributed by atoms with Gasteiger partial charge < -0.3 is 5.32 Å². The van der Waals surface area contributed by atoms with E-state index in [0.717, 1.165) is 12.1 Å². The van der Waals surface area contributed by atoms with Gasteiger partial charge in [0.05, 0.1) is 0 Å². The molecule has 1 N–H and O–H groups in total. The second-order valence-electron chi connectivity index (χ2n) is 6.47. The van der Waals surface area contributed by atoms with Gasteiger partial charge in [-0.05, 0) is 29.7 Å². The molecule has 2 aromatic carbocycles. The van der Waals surface area contributed by atoms with Crippen LogP contribution in [0.15, 0.2) is 54.6 Å². The number of benzene rings is 2. The molecule has 0 atom stereocenters. The molecule has 1 aliphatic rings. The van der Waals surface area contributed by atoms with Crippen molar-refractivity contribution in [2.45, 2.75) is 31.0 Å². The van der Waals surface area contributed by atoms with Gasteiger partial charge in [0.1, 0.15) is 0 Å². The number of rotatable bonds is 3. The molecule has 0 bridgehead atoms. The molecule has 3 nitrogen and oxygen atoms in total. The van der Waals surface area contributed by atoms with Crippen LogP contribution in [-0.2, 0) is 13.0 Å². The van der Waals surface area contributed by atoms with Gasteiger partial charge in [-0.1, -0.05) is 42.5 Å². The lowest BCUT2D eigenvalue weighted by atomic mass is 9.95. The molecule has 0 aliphatic carbocycles. The molecule has 0 aromatic heterocycles. The SMILES string of the molecule is O=C(NC(N1CCc2ccccc2C1)(C(F)(F)F)C(F)(F)F)c1ccccc1. The number of amides is 1. The summed E-state index contributed by atoms with van der Waals surface area (Å²) >= 11 is 0. The third-order valence-corrected chi connectivity index (χ3v) is 4.76. The van der Waals surface area contributed by atoms with Crippen molar-refractivity contribution in [2.75, 3.05) is 6.54 Å². The Morgan fingerprint density at radius 1 is 0.821 bits per heavy atom. The zero-order valence-electron chi connectivity index (χ0n) is 14.4. The topological polar surface area (TPSA) is 32.3 Å². The second kappa shape index (κ2) is 7.12. The summed E-state index contributed by atoms with van der Waals surface area (Å²) in [6.45, 7) is -1.10. The van der Waals surface area contributed by atoms with Crippen LogP contribution in [0, 0.1) is 0 Å². The highest BCUT2D eigenvalue weighted by atomic mass is 19.4. The maximum atomic E-state index is 13.9. The highest BCUT2D eigenvalue weighted by Crippen LogP contribution is 2.47. The zero-order valence-corrected chi connectivity index (χ0v) is 14.4. The summed E-state index contributed by atoms with van der Waals surface area (Å²) in [6.07, 6.45) is -11.6. The van der Waals surface area contributed by atoms with Crippen molar-refractivity contribution in [2.24, 2.45) is 0 Å². The molecule has 9 heteroatoms. The molecule has 2 aromatic rings. The van der Waals surface area contributed by atoms with Crippen molar-refractivity contribution in [1.82, 2.24) is 10.2 Å². The van der Waals surface area contributed by atoms with Crippen molar-refractivity contribution < 1.29 is 31.1 Å². The fourth-order valence-corrected chi connectivity index (χ4v) is 3.35. The van der Waals surface area contributed by atoms with E-state index in [4.69, 9.17) is 0 Å². The number of alkyl halides is 6. The standard InChI is InChI=1S/C19H16F6N2O/c20-18(21,22)17(19(23,24)25,26-16(28)14-7-2-1-3-8-14)27-11-10-13-6-4-5-9-15(13)12-27/h1-9H,10-12H2,(H,26,28). The van der Waals surface area contributed by atoms with Crippen molar-refractivity contribution in [1.29, 1.82) is 0 Å². The summed E-state index contributed by atoms with van der Waals surface area (Å²) in [6, 6.07) is 12.9. The van der Waals surface area contributed by atoms with Crippen molar-refractivity contribution >= 4 is 5.91 Å². The van der Waals surface area contributed by atoms with Gasteiger partial charge in [-0.25, -0.2) is 0 Å². The number of hydrogen-bond acceptors (Lipinski definition) is 2. The van der Waals surface area contributed by atoms with Crippen LogP contribution in [0.4, 0.5) is 26.3 Å². The lowest BCUT2D eigenvalue weighted by Crippen LogP contribution is -2.76. The molecule has 0 saturated heterocycles. The van der Waals surface area contributed by atoms with Gasteiger partial charge in [0.15, 0.2) is 0 Å². The fourth-order valence-electron chi connectivity index (χ4n) is 3.35. The van der Waals surface area contributed by atoms with Gasteiger partial charge in [0.2, 0.25) is 0 Å². The number of halogens is 6. The number of nitrogens with one attached hydrogen (secondary N) is 1. The average Bonchev–Trinajstić information content (AvgIpc) is 2.64. The Labute approximate surface area is 157 Å². The van der Waals surface area contributed by atoms with Gasteiger partial charge in [-0.2, -0.15) is 26.3 Å². The van der Waals surface area contributed by atoms with E-state index in [1.807, 2.05) is 0 Å². The summed E-state index contributed by atoms with van der Waals surface area (Å²) < 4.78 is 83.6. The highest BCUT2D eigenvalue weighted by molar-refractivity contribution is 5.94. The second-order valence-corrected chi connectivity index (χ2v) is 6.47. The van der Waals surface area contributed by atoms with E-state index < -0.39 is 37.0 Å². The van der Waals surface area contributed by atoms with Crippen molar-refractivity contribution in [3.8, 4) is 0 Å². The minimum atomic E-state index is -5.79. The van der Waals surface area contributed by atoms with Gasteiger partial charge >= 0.3 is 12.4 Å². The lowest BCUT2D eigenvalue weighted by molar-refractivity contribution is -0.350. The fraction of sp³-hybridized carbons (Fsp3) is 0.316. The molecule has 0 spiro atoms. The van der Waals surface area contributed by atoms with E-state index in [9.17, 15) is 31.1 Å². The first kappa shape index (κ1) is 20.2. The molecular weight excluding hydrogens is 386 g/mol. The summed E-state index contributed by atoms with van der Waals surface area (Å²) in [5, 5.41) is 1.26. The normalized spacial score (nSPS) is 15.8. The quantitative estimate of drug-likeness (QED) is 0.777. The molecule has 0 saturated carbocycles. The molecule has 150 valence electrons. The first-order valence-electron chi connectivity index (χ1n) is 8.39. The number of nitrogens with zero attached hydrogens (tertiary/aromatic N) is 1. The van der Waals surface area contributed by atoms with E-state index in [0.29, 0.717) is 11.1 Å². The van der Waals surface area contributed by atoms with Crippen molar-refractivity contribution in [3.63, 3.8) is 0 Å². The molecule has 1 amide bonds. The lowest BCUT2D eigenvalue weighted by Gasteiger charge is -2.47. The van der Waals surface area contributed by atoms with E-state index >= 15 is 0 Å². The third kappa shape index (κ3) is 3.46. The van der Waals surface area contributed by atoms with Crippen LogP contribution < -0.4 is 5.32 Å². The van der Waals surface area contributed by atoms with Gasteiger partial charge in [-0.15, -0.1) is 0 Å². The Bertz CT molecular complexity index is 833. The van der Waals surface area contributed by atoms with Gasteiger partial charge in [-0.3, -0.25) is 9.69 Å². The number of carbonyl (C=O) groups is 1. The van der Waals surface area contributed by atoms with Crippen LogP contribution >= 0.6 is 0 Å². The largest absolute Gasteiger partial charge is 0.434 e. The maximum absolute atomic E-state index is 13.9. The molecule has 0 fully saturated rings. The molecule has 0 radical (unpaired) electrons. The first-order chi connectivity index (χ1) is 13.1. The highest BCUT2D eigenvalue weighted by Gasteiger charge is 2.75. The summed E-state index contributed by atoms with van der Waals surface area (Å²) in [4.78, 5) is 12.6. The summed E-state index contributed by atoms with van der Waals surface area (Å²) in [5.74, 6) is -1.45. The van der Waals surface area contributed by atoms with Crippen LogP contribution in [0.25, 0.3) is 0 Å². The minimum Gasteiger partial charge on any atom is -0.318 e. The molecule has 1 heterocycles. The van der Waals surface area contributed by atoms with E-state index in [1.54, 1.807) is 18.2 Å². The minimum absolute atomic E-state index is 0.00525. The predicted octanol–water partition coefficient (Wildman–Crippen LogP) is 4.30. The zero-order chi connectivity index (χ0) is 20.6. The number of fused-ring (bicyclic) bond motifs is 1. The molecule has 0 unspecified atom stereocenters. The molecule has 3 rings (SSSR count).